The zero-order valence-electron chi connectivity index (χ0n) is 12.0. The third kappa shape index (κ3) is 2.14. The van der Waals surface area contributed by atoms with Gasteiger partial charge >= 0.3 is 11.9 Å². The van der Waals surface area contributed by atoms with Crippen molar-refractivity contribution in [1.29, 1.82) is 0 Å². The Morgan fingerprint density at radius 2 is 1.32 bits per heavy atom. The summed E-state index contributed by atoms with van der Waals surface area (Å²) in [6.07, 6.45) is 0. The number of para-hydroxylation sites is 2. The average Bonchev–Trinajstić information content (AvgIpc) is 2.57. The number of carbonyl (C=O) groups is 2. The van der Waals surface area contributed by atoms with E-state index in [9.17, 15) is 9.59 Å². The Balaban J connectivity index is 2.12. The van der Waals surface area contributed by atoms with Crippen LogP contribution in [0.25, 0.3) is 0 Å². The van der Waals surface area contributed by atoms with E-state index in [1.54, 1.807) is 36.4 Å². The number of rotatable bonds is 2. The maximum absolute atomic E-state index is 11.9. The lowest BCUT2D eigenvalue weighted by Crippen LogP contribution is -2.12. The number of anilines is 2. The predicted octanol–water partition coefficient (Wildman–Crippen LogP) is 3.11. The molecule has 0 aliphatic carbocycles. The number of fused-ring (bicyclic) bond motifs is 2. The maximum Gasteiger partial charge on any atom is 0.341 e. The number of esters is 2. The first-order valence-corrected chi connectivity index (χ1v) is 6.53. The van der Waals surface area contributed by atoms with Crippen molar-refractivity contribution < 1.29 is 23.8 Å². The molecule has 6 nitrogen and oxygen atoms in total. The topological polar surface area (TPSA) is 73.9 Å². The van der Waals surface area contributed by atoms with E-state index in [0.29, 0.717) is 22.9 Å². The van der Waals surface area contributed by atoms with Crippen LogP contribution in [0.3, 0.4) is 0 Å². The number of ether oxygens (including phenoxy) is 3. The summed E-state index contributed by atoms with van der Waals surface area (Å²) in [6.45, 7) is 0. The van der Waals surface area contributed by atoms with Crippen LogP contribution in [0.5, 0.6) is 11.5 Å². The van der Waals surface area contributed by atoms with Crippen LogP contribution in [0.4, 0.5) is 11.4 Å². The predicted molar refractivity (Wildman–Crippen MR) is 78.9 cm³/mol. The van der Waals surface area contributed by atoms with Crippen LogP contribution in [-0.4, -0.2) is 26.2 Å². The van der Waals surface area contributed by atoms with Crippen LogP contribution in [0, 0.1) is 0 Å². The second kappa shape index (κ2) is 5.40. The van der Waals surface area contributed by atoms with Crippen LogP contribution in [0.2, 0.25) is 0 Å². The van der Waals surface area contributed by atoms with Crippen molar-refractivity contribution in [3.8, 4) is 11.5 Å². The molecule has 112 valence electrons. The molecule has 6 heteroatoms. The summed E-state index contributed by atoms with van der Waals surface area (Å²) >= 11 is 0. The minimum atomic E-state index is -0.516. The highest BCUT2D eigenvalue weighted by atomic mass is 16.5. The third-order valence-corrected chi connectivity index (χ3v) is 3.31. The van der Waals surface area contributed by atoms with Gasteiger partial charge in [0.05, 0.1) is 25.6 Å². The van der Waals surface area contributed by atoms with Gasteiger partial charge < -0.3 is 19.5 Å². The highest BCUT2D eigenvalue weighted by molar-refractivity contribution is 5.99. The fourth-order valence-electron chi connectivity index (χ4n) is 2.28. The first-order chi connectivity index (χ1) is 10.7. The van der Waals surface area contributed by atoms with Gasteiger partial charge in [-0.25, -0.2) is 9.59 Å². The van der Waals surface area contributed by atoms with Gasteiger partial charge in [-0.05, 0) is 24.3 Å². The largest absolute Gasteiger partial charge is 0.465 e. The SMILES string of the molecule is COC(=O)c1cccc2c1Oc1c(cccc1C(=O)OC)N2. The molecule has 1 N–H and O–H groups in total. The minimum Gasteiger partial charge on any atom is -0.465 e. The van der Waals surface area contributed by atoms with E-state index in [4.69, 9.17) is 14.2 Å². The quantitative estimate of drug-likeness (QED) is 0.733. The molecular formula is C16H13NO5. The maximum atomic E-state index is 11.9. The van der Waals surface area contributed by atoms with Crippen molar-refractivity contribution in [2.75, 3.05) is 19.5 Å². The Kier molecular flexibility index (Phi) is 3.42. The van der Waals surface area contributed by atoms with E-state index in [-0.39, 0.29) is 11.1 Å². The van der Waals surface area contributed by atoms with Gasteiger partial charge in [0, 0.05) is 0 Å². The zero-order valence-corrected chi connectivity index (χ0v) is 12.0. The second-order valence-electron chi connectivity index (χ2n) is 4.57. The summed E-state index contributed by atoms with van der Waals surface area (Å²) < 4.78 is 15.3. The van der Waals surface area contributed by atoms with E-state index >= 15 is 0 Å². The fourth-order valence-corrected chi connectivity index (χ4v) is 2.28. The van der Waals surface area contributed by atoms with Gasteiger partial charge in [0.2, 0.25) is 0 Å². The van der Waals surface area contributed by atoms with Crippen LogP contribution in [0.1, 0.15) is 20.7 Å². The molecule has 2 aromatic carbocycles. The molecular weight excluding hydrogens is 286 g/mol. The normalized spacial score (nSPS) is 11.4. The summed E-state index contributed by atoms with van der Waals surface area (Å²) in [5.74, 6) is -0.397. The molecule has 0 amide bonds. The van der Waals surface area contributed by atoms with Gasteiger partial charge in [-0.2, -0.15) is 0 Å². The van der Waals surface area contributed by atoms with E-state index in [2.05, 4.69) is 5.32 Å². The lowest BCUT2D eigenvalue weighted by molar-refractivity contribution is 0.0593. The van der Waals surface area contributed by atoms with Crippen molar-refractivity contribution in [3.05, 3.63) is 47.5 Å². The van der Waals surface area contributed by atoms with E-state index in [1.807, 2.05) is 0 Å². The number of methoxy groups -OCH3 is 2. The molecule has 2 aromatic rings. The fraction of sp³-hybridized carbons (Fsp3) is 0.125. The molecule has 0 fully saturated rings. The zero-order chi connectivity index (χ0) is 15.7. The van der Waals surface area contributed by atoms with Crippen molar-refractivity contribution in [2.45, 2.75) is 0 Å². The second-order valence-corrected chi connectivity index (χ2v) is 4.57. The Bertz CT molecular complexity index is 706. The summed E-state index contributed by atoms with van der Waals surface area (Å²) in [5.41, 5.74) is 1.80. The van der Waals surface area contributed by atoms with Crippen molar-refractivity contribution in [3.63, 3.8) is 0 Å². The molecule has 0 unspecified atom stereocenters. The monoisotopic (exact) mass is 299 g/mol. The molecule has 1 aliphatic heterocycles. The molecule has 22 heavy (non-hydrogen) atoms. The summed E-state index contributed by atoms with van der Waals surface area (Å²) in [4.78, 5) is 23.7. The lowest BCUT2D eigenvalue weighted by Gasteiger charge is -2.24. The number of hydrogen-bond acceptors (Lipinski definition) is 6. The van der Waals surface area contributed by atoms with Crippen LogP contribution >= 0.6 is 0 Å². The molecule has 1 heterocycles. The van der Waals surface area contributed by atoms with E-state index in [0.717, 1.165) is 0 Å². The number of hydrogen-bond donors (Lipinski definition) is 1. The number of carbonyl (C=O) groups excluding carboxylic acids is 2. The van der Waals surface area contributed by atoms with E-state index in [1.165, 1.54) is 14.2 Å². The van der Waals surface area contributed by atoms with Crippen LogP contribution < -0.4 is 10.1 Å². The van der Waals surface area contributed by atoms with Gasteiger partial charge in [0.15, 0.2) is 11.5 Å². The summed E-state index contributed by atoms with van der Waals surface area (Å²) in [7, 11) is 2.59. The standard InChI is InChI=1S/C16H13NO5/c1-20-15(18)9-5-3-7-11-13(9)22-14-10(16(19)21-2)6-4-8-12(14)17-11/h3-8,17H,1-2H3. The Hall–Kier alpha value is -3.02. The van der Waals surface area contributed by atoms with E-state index < -0.39 is 11.9 Å². The summed E-state index contributed by atoms with van der Waals surface area (Å²) in [5, 5.41) is 3.14. The highest BCUT2D eigenvalue weighted by Crippen LogP contribution is 2.45. The molecule has 0 atom stereocenters. The molecule has 0 spiro atoms. The Morgan fingerprint density at radius 1 is 0.864 bits per heavy atom. The molecule has 0 saturated heterocycles. The van der Waals surface area contributed by atoms with Crippen molar-refractivity contribution >= 4 is 23.3 Å². The average molecular weight is 299 g/mol. The molecule has 0 bridgehead atoms. The smallest absolute Gasteiger partial charge is 0.341 e. The first kappa shape index (κ1) is 13.9. The number of nitrogens with one attached hydrogen (secondary N) is 1. The van der Waals surface area contributed by atoms with Crippen LogP contribution in [-0.2, 0) is 9.47 Å². The van der Waals surface area contributed by atoms with Gasteiger partial charge in [-0.15, -0.1) is 0 Å². The molecule has 0 saturated carbocycles. The van der Waals surface area contributed by atoms with Crippen molar-refractivity contribution in [1.82, 2.24) is 0 Å². The lowest BCUT2D eigenvalue weighted by atomic mass is 10.1. The van der Waals surface area contributed by atoms with Gasteiger partial charge in [-0.1, -0.05) is 12.1 Å². The highest BCUT2D eigenvalue weighted by Gasteiger charge is 2.27. The van der Waals surface area contributed by atoms with Gasteiger partial charge in [0.1, 0.15) is 11.1 Å². The first-order valence-electron chi connectivity index (χ1n) is 6.53. The van der Waals surface area contributed by atoms with Crippen LogP contribution in [0.15, 0.2) is 36.4 Å². The molecule has 0 radical (unpaired) electrons. The molecule has 1 aliphatic rings. The van der Waals surface area contributed by atoms with Crippen molar-refractivity contribution in [2.24, 2.45) is 0 Å². The minimum absolute atomic E-state index is 0.276. The third-order valence-electron chi connectivity index (χ3n) is 3.31. The molecule has 3 rings (SSSR count). The van der Waals surface area contributed by atoms with Gasteiger partial charge in [-0.3, -0.25) is 0 Å². The Labute approximate surface area is 126 Å². The molecule has 0 aromatic heterocycles. The summed E-state index contributed by atoms with van der Waals surface area (Å²) in [6, 6.07) is 10.2. The Morgan fingerprint density at radius 3 is 1.73 bits per heavy atom. The number of benzene rings is 2. The van der Waals surface area contributed by atoms with Gasteiger partial charge in [0.25, 0.3) is 0 Å².